The molecule has 0 aliphatic carbocycles. The van der Waals surface area contributed by atoms with Gasteiger partial charge < -0.3 is 48.6 Å². The summed E-state index contributed by atoms with van der Waals surface area (Å²) in [4.78, 5) is 50.9. The van der Waals surface area contributed by atoms with Crippen molar-refractivity contribution >= 4 is 60.9 Å². The van der Waals surface area contributed by atoms with Crippen LogP contribution in [-0.4, -0.2) is 101 Å². The van der Waals surface area contributed by atoms with Crippen molar-refractivity contribution in [3.63, 3.8) is 0 Å². The Bertz CT molecular complexity index is 2620. The smallest absolute Gasteiger partial charge is 0.342 e. The predicted octanol–water partition coefficient (Wildman–Crippen LogP) is 5.10. The fourth-order valence-corrected chi connectivity index (χ4v) is 10.1. The third-order valence-electron chi connectivity index (χ3n) is 9.71. The first-order valence-electron chi connectivity index (χ1n) is 20.8. The number of fused-ring (bicyclic) bond motifs is 2. The minimum absolute atomic E-state index is 0.0102. The fourth-order valence-electron chi connectivity index (χ4n) is 6.43. The molecule has 22 nitrogen and oxygen atoms in total. The van der Waals surface area contributed by atoms with E-state index in [0.717, 1.165) is 5.56 Å². The number of imidazole rings is 2. The number of carbonyl (C=O) groups excluding carboxylic acids is 2. The Hall–Kier alpha value is -6.02. The van der Waals surface area contributed by atoms with E-state index in [4.69, 9.17) is 39.5 Å². The summed E-state index contributed by atoms with van der Waals surface area (Å²) in [5.74, 6) is -0.178. The zero-order valence-electron chi connectivity index (χ0n) is 36.7. The number of benzene rings is 2. The van der Waals surface area contributed by atoms with Gasteiger partial charge >= 0.3 is 27.0 Å². The molecule has 6 rings (SSSR count). The van der Waals surface area contributed by atoms with Crippen LogP contribution >= 0.6 is 15.0 Å². The van der Waals surface area contributed by atoms with Crippen molar-refractivity contribution in [2.24, 2.45) is 0 Å². The fraction of sp³-hybridized carbons (Fsp3) is 0.415. The van der Waals surface area contributed by atoms with Crippen LogP contribution in [-0.2, 0) is 57.2 Å². The van der Waals surface area contributed by atoms with Crippen LogP contribution in [0.3, 0.4) is 0 Å². The Balaban J connectivity index is 1.03. The van der Waals surface area contributed by atoms with Crippen LogP contribution in [0.1, 0.15) is 46.6 Å². The molecule has 0 saturated carbocycles. The van der Waals surface area contributed by atoms with E-state index in [1.807, 2.05) is 0 Å². The number of rotatable bonds is 25. The highest BCUT2D eigenvalue weighted by atomic mass is 31.2. The van der Waals surface area contributed by atoms with E-state index >= 15 is 0 Å². The summed E-state index contributed by atoms with van der Waals surface area (Å²) in [6, 6.07) is 13.3. The molecule has 6 N–H and O–H groups in total. The summed E-state index contributed by atoms with van der Waals surface area (Å²) < 4.78 is 66.8. The van der Waals surface area contributed by atoms with Crippen LogP contribution in [0, 0.1) is 0 Å². The molecule has 0 saturated heterocycles. The Kier molecular flexibility index (Phi) is 16.6. The predicted molar refractivity (Wildman–Crippen MR) is 241 cm³/mol. The minimum atomic E-state index is -3.90. The van der Waals surface area contributed by atoms with Crippen LogP contribution in [0.15, 0.2) is 79.9 Å². The van der Waals surface area contributed by atoms with Crippen LogP contribution in [0.4, 0.5) is 11.6 Å². The van der Waals surface area contributed by atoms with E-state index in [2.05, 4.69) is 40.1 Å². The van der Waals surface area contributed by atoms with Gasteiger partial charge in [-0.3, -0.25) is 18.7 Å². The van der Waals surface area contributed by atoms with Gasteiger partial charge in [0.1, 0.15) is 60.0 Å². The molecule has 0 fully saturated rings. The number of nitrogen functional groups attached to an aromatic ring is 2. The lowest BCUT2D eigenvalue weighted by Gasteiger charge is -2.26. The largest absolute Gasteiger partial charge is 0.465 e. The normalized spacial score (nSPS) is 15.3. The summed E-state index contributed by atoms with van der Waals surface area (Å²) in [7, 11) is -7.75. The number of ether oxygens (including phenoxy) is 4. The highest BCUT2D eigenvalue weighted by Gasteiger charge is 2.34. The molecule has 2 aromatic carbocycles. The number of hydrogen-bond acceptors (Lipinski definition) is 18. The van der Waals surface area contributed by atoms with Crippen molar-refractivity contribution < 1.29 is 46.7 Å². The van der Waals surface area contributed by atoms with Gasteiger partial charge in [0.2, 0.25) is 0 Å². The third kappa shape index (κ3) is 13.3. The molecule has 0 aliphatic rings. The van der Waals surface area contributed by atoms with Crippen LogP contribution in [0.25, 0.3) is 22.3 Å². The summed E-state index contributed by atoms with van der Waals surface area (Å²) >= 11 is 0. The number of para-hydroxylation sites is 1. The van der Waals surface area contributed by atoms with Gasteiger partial charge in [0.05, 0.1) is 51.2 Å². The topological polar surface area (TPSA) is 287 Å². The summed E-state index contributed by atoms with van der Waals surface area (Å²) in [6.45, 7) is 9.28. The molecule has 348 valence electrons. The number of anilines is 2. The van der Waals surface area contributed by atoms with Gasteiger partial charge in [0.25, 0.3) is 0 Å². The summed E-state index contributed by atoms with van der Waals surface area (Å²) in [5, 5.41) is 5.68. The standard InChI is InChI=1S/C41H54N12O10P2/c1-6-33(41(55)58-7-2)51-65(57,26-61-28(4)20-53-24-49-35-37(43)45-22-47-39(35)53)63-32-15-13-30(14-16-32)17-18-59-40(54)29(5)50-64(56,62-31-11-9-8-10-12-31)25-60-27(3)19-52-23-48-34-36(42)44-21-46-38(34)52/h8-16,21-24,27-29,33H,6-7,17-20,25-26H2,1-5H3,(H,50,56)(H,51,57)(H2,42,44,46)(H2,43,45,47)/t27-,28-,29+,33+,64+,65-/m1/s1. The molecule has 65 heavy (non-hydrogen) atoms. The first kappa shape index (κ1) is 48.4. The molecule has 0 aliphatic heterocycles. The van der Waals surface area contributed by atoms with Gasteiger partial charge in [-0.1, -0.05) is 37.3 Å². The van der Waals surface area contributed by atoms with Gasteiger partial charge in [-0.25, -0.2) is 40.1 Å². The van der Waals surface area contributed by atoms with Gasteiger partial charge in [-0.05, 0) is 63.9 Å². The Morgan fingerprint density at radius 3 is 1.72 bits per heavy atom. The van der Waals surface area contributed by atoms with E-state index in [0.29, 0.717) is 47.6 Å². The second-order valence-corrected chi connectivity index (χ2v) is 19.1. The molecule has 6 aromatic rings. The highest BCUT2D eigenvalue weighted by Crippen LogP contribution is 2.45. The molecule has 6 atom stereocenters. The van der Waals surface area contributed by atoms with E-state index < -0.39 is 51.3 Å². The molecule has 0 radical (unpaired) electrons. The van der Waals surface area contributed by atoms with Crippen molar-refractivity contribution in [2.45, 2.75) is 84.8 Å². The second kappa shape index (κ2) is 22.3. The minimum Gasteiger partial charge on any atom is -0.465 e. The molecular weight excluding hydrogens is 882 g/mol. The van der Waals surface area contributed by atoms with Crippen LogP contribution in [0.5, 0.6) is 11.5 Å². The van der Waals surface area contributed by atoms with Crippen molar-refractivity contribution in [3.8, 4) is 11.5 Å². The van der Waals surface area contributed by atoms with Crippen molar-refractivity contribution in [1.82, 2.24) is 49.2 Å². The monoisotopic (exact) mass is 936 g/mol. The van der Waals surface area contributed by atoms with Crippen LogP contribution < -0.4 is 30.7 Å². The van der Waals surface area contributed by atoms with E-state index in [9.17, 15) is 18.7 Å². The summed E-state index contributed by atoms with van der Waals surface area (Å²) in [6.07, 6.45) is 4.68. The molecule has 0 amide bonds. The molecule has 4 aromatic heterocycles. The first-order valence-corrected chi connectivity index (χ1v) is 24.5. The Morgan fingerprint density at radius 2 is 1.20 bits per heavy atom. The SMILES string of the molecule is CCOC(=O)[C@H](CC)N[P@@](=O)(CO[C@H](C)Cn1cnc2c(N)ncnc21)Oc1ccc(CCOC(=O)[C@H](C)N[P@](=O)(CO[C@H](C)Cn2cnc3c(N)ncnc32)Oc2ccccc2)cc1. The Morgan fingerprint density at radius 1 is 0.677 bits per heavy atom. The number of nitrogens with two attached hydrogens (primary N) is 2. The maximum absolute atomic E-state index is 14.4. The van der Waals surface area contributed by atoms with Gasteiger partial charge in [0.15, 0.2) is 22.9 Å². The van der Waals surface area contributed by atoms with Crippen molar-refractivity contribution in [1.29, 1.82) is 0 Å². The van der Waals surface area contributed by atoms with Gasteiger partial charge in [-0.15, -0.1) is 0 Å². The lowest BCUT2D eigenvalue weighted by molar-refractivity contribution is -0.146. The zero-order valence-corrected chi connectivity index (χ0v) is 38.5. The molecule has 0 unspecified atom stereocenters. The number of carbonyl (C=O) groups is 2. The number of nitrogens with one attached hydrogen (secondary N) is 2. The van der Waals surface area contributed by atoms with E-state index in [1.165, 1.54) is 19.6 Å². The molecule has 0 bridgehead atoms. The number of esters is 2. The summed E-state index contributed by atoms with van der Waals surface area (Å²) in [5.41, 5.74) is 14.6. The third-order valence-corrected chi connectivity index (χ3v) is 13.2. The first-order chi connectivity index (χ1) is 31.2. The van der Waals surface area contributed by atoms with Crippen LogP contribution in [0.2, 0.25) is 0 Å². The molecule has 0 spiro atoms. The molecule has 24 heteroatoms. The highest BCUT2D eigenvalue weighted by molar-refractivity contribution is 7.57. The maximum atomic E-state index is 14.4. The Labute approximate surface area is 375 Å². The molecular formula is C41H54N12O10P2. The second-order valence-electron chi connectivity index (χ2n) is 15.0. The van der Waals surface area contributed by atoms with E-state index in [-0.39, 0.29) is 49.7 Å². The van der Waals surface area contributed by atoms with Crippen molar-refractivity contribution in [3.05, 3.63) is 85.5 Å². The molecule has 4 heterocycles. The number of aromatic nitrogens is 8. The quantitative estimate of drug-likeness (QED) is 0.0429. The average Bonchev–Trinajstić information content (AvgIpc) is 3.90. The van der Waals surface area contributed by atoms with Crippen molar-refractivity contribution in [2.75, 3.05) is 37.4 Å². The average molecular weight is 937 g/mol. The lowest BCUT2D eigenvalue weighted by Crippen LogP contribution is -2.38. The maximum Gasteiger partial charge on any atom is 0.342 e. The number of hydrogen-bond donors (Lipinski definition) is 4. The van der Waals surface area contributed by atoms with Gasteiger partial charge in [0, 0.05) is 6.42 Å². The number of nitrogens with zero attached hydrogens (tertiary/aromatic N) is 8. The van der Waals surface area contributed by atoms with Gasteiger partial charge in [-0.2, -0.15) is 0 Å². The zero-order chi connectivity index (χ0) is 46.6. The lowest BCUT2D eigenvalue weighted by atomic mass is 10.1. The van der Waals surface area contributed by atoms with E-state index in [1.54, 1.807) is 104 Å².